The third kappa shape index (κ3) is 2.54. The molecule has 1 aliphatic rings. The number of amides is 3. The van der Waals surface area contributed by atoms with Crippen LogP contribution in [0.2, 0.25) is 0 Å². The average Bonchev–Trinajstić information content (AvgIpc) is 2.96. The van der Waals surface area contributed by atoms with Crippen molar-refractivity contribution < 1.29 is 9.59 Å². The van der Waals surface area contributed by atoms with Crippen molar-refractivity contribution in [2.24, 2.45) is 0 Å². The molecule has 5 heteroatoms. The molecule has 0 bridgehead atoms. The van der Waals surface area contributed by atoms with Crippen LogP contribution in [-0.2, 0) is 4.79 Å². The Labute approximate surface area is 135 Å². The van der Waals surface area contributed by atoms with Crippen LogP contribution in [0.4, 0.5) is 4.79 Å². The molecule has 23 heavy (non-hydrogen) atoms. The minimum absolute atomic E-state index is 0.276. The van der Waals surface area contributed by atoms with Crippen molar-refractivity contribution in [3.8, 4) is 5.69 Å². The number of nitrogens with one attached hydrogen (secondary N) is 1. The molecule has 1 aromatic heterocycles. The van der Waals surface area contributed by atoms with Gasteiger partial charge in [-0.15, -0.1) is 0 Å². The number of para-hydroxylation sites is 1. The number of benzene rings is 1. The summed E-state index contributed by atoms with van der Waals surface area (Å²) in [6, 6.07) is 11.7. The summed E-state index contributed by atoms with van der Waals surface area (Å²) >= 11 is 0. The van der Waals surface area contributed by atoms with E-state index in [4.69, 9.17) is 0 Å². The molecule has 0 aliphatic carbocycles. The molecule has 1 fully saturated rings. The van der Waals surface area contributed by atoms with Crippen molar-refractivity contribution >= 4 is 18.0 Å². The number of urea groups is 1. The van der Waals surface area contributed by atoms with E-state index >= 15 is 0 Å². The molecule has 1 saturated heterocycles. The monoisotopic (exact) mass is 309 g/mol. The summed E-state index contributed by atoms with van der Waals surface area (Å²) in [7, 11) is 0. The third-order valence-corrected chi connectivity index (χ3v) is 4.06. The first-order valence-electron chi connectivity index (χ1n) is 7.62. The van der Waals surface area contributed by atoms with Crippen LogP contribution in [0.5, 0.6) is 0 Å². The molecule has 0 spiro atoms. The Morgan fingerprint density at radius 3 is 2.43 bits per heavy atom. The molecule has 118 valence electrons. The first kappa shape index (κ1) is 15.1. The van der Waals surface area contributed by atoms with Crippen LogP contribution in [0, 0.1) is 13.8 Å². The topological polar surface area (TPSA) is 54.3 Å². The molecular formula is C18H19N3O2. The number of carbonyl (C=O) groups is 2. The highest BCUT2D eigenvalue weighted by molar-refractivity contribution is 6.14. The minimum atomic E-state index is -0.361. The molecule has 2 aromatic rings. The number of nitrogens with zero attached hydrogens (tertiary/aromatic N) is 2. The molecule has 5 nitrogen and oxygen atoms in total. The van der Waals surface area contributed by atoms with Crippen LogP contribution in [0.3, 0.4) is 0 Å². The third-order valence-electron chi connectivity index (χ3n) is 4.06. The number of carbonyl (C=O) groups excluding carboxylic acids is 2. The van der Waals surface area contributed by atoms with E-state index in [1.165, 1.54) is 4.90 Å². The molecule has 0 saturated carbocycles. The van der Waals surface area contributed by atoms with Crippen LogP contribution in [0.15, 0.2) is 42.1 Å². The van der Waals surface area contributed by atoms with Gasteiger partial charge in [0.15, 0.2) is 0 Å². The van der Waals surface area contributed by atoms with Gasteiger partial charge in [0.25, 0.3) is 5.91 Å². The molecule has 3 rings (SSSR count). The fraction of sp³-hybridized carbons (Fsp3) is 0.222. The molecule has 3 amide bonds. The predicted octanol–water partition coefficient (Wildman–Crippen LogP) is 3.01. The summed E-state index contributed by atoms with van der Waals surface area (Å²) in [5.41, 5.74) is 4.42. The summed E-state index contributed by atoms with van der Waals surface area (Å²) in [5, 5.41) is 2.64. The molecule has 1 aliphatic heterocycles. The molecule has 0 atom stereocenters. The van der Waals surface area contributed by atoms with Gasteiger partial charge < -0.3 is 9.88 Å². The van der Waals surface area contributed by atoms with E-state index in [1.54, 1.807) is 13.0 Å². The first-order chi connectivity index (χ1) is 11.0. The molecule has 1 aromatic carbocycles. The zero-order chi connectivity index (χ0) is 16.6. The summed E-state index contributed by atoms with van der Waals surface area (Å²) in [6.07, 6.45) is 1.75. The minimum Gasteiger partial charge on any atom is -0.318 e. The average molecular weight is 309 g/mol. The second-order valence-electron chi connectivity index (χ2n) is 5.54. The molecule has 0 radical (unpaired) electrons. The Kier molecular flexibility index (Phi) is 3.78. The van der Waals surface area contributed by atoms with Crippen molar-refractivity contribution in [3.05, 3.63) is 59.0 Å². The van der Waals surface area contributed by atoms with Crippen LogP contribution < -0.4 is 5.32 Å². The van der Waals surface area contributed by atoms with Gasteiger partial charge in [-0.25, -0.2) is 4.79 Å². The van der Waals surface area contributed by atoms with Crippen molar-refractivity contribution in [1.82, 2.24) is 14.8 Å². The van der Waals surface area contributed by atoms with Gasteiger partial charge in [-0.1, -0.05) is 18.2 Å². The van der Waals surface area contributed by atoms with E-state index in [-0.39, 0.29) is 11.9 Å². The second-order valence-corrected chi connectivity index (χ2v) is 5.54. The molecule has 2 heterocycles. The highest BCUT2D eigenvalue weighted by atomic mass is 16.2. The number of aryl methyl sites for hydroxylation is 1. The Morgan fingerprint density at radius 2 is 1.83 bits per heavy atom. The standard InChI is InChI=1S/C18H19N3O2/c1-4-20-17(22)16(19-18(20)23)11-14-10-12(2)21(13(14)3)15-8-6-5-7-9-15/h5-11H,4H2,1-3H3,(H,19,23). The van der Waals surface area contributed by atoms with E-state index in [1.807, 2.05) is 50.2 Å². The zero-order valence-electron chi connectivity index (χ0n) is 13.5. The Bertz CT molecular complexity index is 803. The molecular weight excluding hydrogens is 290 g/mol. The van der Waals surface area contributed by atoms with Gasteiger partial charge in [0.05, 0.1) is 0 Å². The number of hydrogen-bond donors (Lipinski definition) is 1. The highest BCUT2D eigenvalue weighted by Crippen LogP contribution is 2.23. The summed E-state index contributed by atoms with van der Waals surface area (Å²) in [4.78, 5) is 25.1. The summed E-state index contributed by atoms with van der Waals surface area (Å²) in [6.45, 7) is 6.17. The number of hydrogen-bond acceptors (Lipinski definition) is 2. The van der Waals surface area contributed by atoms with Crippen molar-refractivity contribution in [2.75, 3.05) is 6.54 Å². The zero-order valence-corrected chi connectivity index (χ0v) is 13.5. The van der Waals surface area contributed by atoms with Crippen molar-refractivity contribution in [2.45, 2.75) is 20.8 Å². The van der Waals surface area contributed by atoms with Crippen LogP contribution in [0.25, 0.3) is 11.8 Å². The van der Waals surface area contributed by atoms with Gasteiger partial charge in [-0.3, -0.25) is 9.69 Å². The first-order valence-corrected chi connectivity index (χ1v) is 7.62. The second kappa shape index (κ2) is 5.76. The Balaban J connectivity index is 2.02. The van der Waals surface area contributed by atoms with E-state index in [9.17, 15) is 9.59 Å². The van der Waals surface area contributed by atoms with Crippen molar-refractivity contribution in [1.29, 1.82) is 0 Å². The van der Waals surface area contributed by atoms with E-state index in [0.29, 0.717) is 12.2 Å². The molecule has 1 N–H and O–H groups in total. The highest BCUT2D eigenvalue weighted by Gasteiger charge is 2.32. The van der Waals surface area contributed by atoms with Crippen LogP contribution in [-0.4, -0.2) is 28.0 Å². The van der Waals surface area contributed by atoms with E-state index < -0.39 is 0 Å². The van der Waals surface area contributed by atoms with Gasteiger partial charge in [-0.05, 0) is 50.6 Å². The van der Waals surface area contributed by atoms with E-state index in [0.717, 1.165) is 22.6 Å². The summed E-state index contributed by atoms with van der Waals surface area (Å²) in [5.74, 6) is -0.276. The van der Waals surface area contributed by atoms with Gasteiger partial charge in [0.2, 0.25) is 0 Å². The normalized spacial score (nSPS) is 16.3. The Hall–Kier alpha value is -2.82. The number of imide groups is 1. The van der Waals surface area contributed by atoms with Crippen LogP contribution >= 0.6 is 0 Å². The maximum absolute atomic E-state index is 12.2. The maximum Gasteiger partial charge on any atom is 0.328 e. The lowest BCUT2D eigenvalue weighted by Crippen LogP contribution is -2.30. The lowest BCUT2D eigenvalue weighted by Gasteiger charge is -2.09. The lowest BCUT2D eigenvalue weighted by atomic mass is 10.2. The van der Waals surface area contributed by atoms with Gasteiger partial charge in [-0.2, -0.15) is 0 Å². The van der Waals surface area contributed by atoms with Crippen LogP contribution in [0.1, 0.15) is 23.9 Å². The molecule has 0 unspecified atom stereocenters. The fourth-order valence-electron chi connectivity index (χ4n) is 2.92. The van der Waals surface area contributed by atoms with Gasteiger partial charge in [0, 0.05) is 23.6 Å². The number of rotatable bonds is 3. The number of likely N-dealkylation sites (N-methyl/N-ethyl adjacent to an activating group) is 1. The largest absolute Gasteiger partial charge is 0.328 e. The fourth-order valence-corrected chi connectivity index (χ4v) is 2.92. The maximum atomic E-state index is 12.2. The summed E-state index contributed by atoms with van der Waals surface area (Å²) < 4.78 is 2.13. The quantitative estimate of drug-likeness (QED) is 0.700. The smallest absolute Gasteiger partial charge is 0.318 e. The van der Waals surface area contributed by atoms with Gasteiger partial charge >= 0.3 is 6.03 Å². The number of aromatic nitrogens is 1. The predicted molar refractivity (Wildman–Crippen MR) is 89.1 cm³/mol. The van der Waals surface area contributed by atoms with E-state index in [2.05, 4.69) is 9.88 Å². The van der Waals surface area contributed by atoms with Gasteiger partial charge in [0.1, 0.15) is 5.70 Å². The SMILES string of the molecule is CCN1C(=O)NC(=Cc2cc(C)n(-c3ccccc3)c2C)C1=O. The lowest BCUT2D eigenvalue weighted by molar-refractivity contribution is -0.122. The Morgan fingerprint density at radius 1 is 1.13 bits per heavy atom. The van der Waals surface area contributed by atoms with Crippen molar-refractivity contribution in [3.63, 3.8) is 0 Å².